The Morgan fingerprint density at radius 3 is 2.04 bits per heavy atom. The second kappa shape index (κ2) is 11.3. The lowest BCUT2D eigenvalue weighted by molar-refractivity contribution is -0.233. The number of carboxylic acids is 1. The lowest BCUT2D eigenvalue weighted by atomic mass is 9.33. The normalized spacial score (nSPS) is 39.9. The minimum absolute atomic E-state index is 0.00856. The van der Waals surface area contributed by atoms with E-state index in [1.165, 1.54) is 5.57 Å². The Balaban J connectivity index is 1.47. The molecule has 0 aromatic heterocycles. The highest BCUT2D eigenvalue weighted by molar-refractivity contribution is 6.07. The van der Waals surface area contributed by atoms with Crippen molar-refractivity contribution in [3.05, 3.63) is 11.1 Å². The fraction of sp³-hybridized carbons (Fsp3) is 0.854. The van der Waals surface area contributed by atoms with E-state index in [2.05, 4.69) is 69.2 Å². The maximum absolute atomic E-state index is 14.3. The van der Waals surface area contributed by atoms with Gasteiger partial charge in [-0.05, 0) is 122 Å². The van der Waals surface area contributed by atoms with Crippen molar-refractivity contribution in [3.63, 3.8) is 0 Å². The summed E-state index contributed by atoms with van der Waals surface area (Å²) in [6.07, 6.45) is 8.28. The standard InChI is InChI=1S/C41H64O6/c1-24(2)32-26(42)21-41(29(43)22-35(3,4)5)20-19-39(11)25(33(32)41)13-14-28-38(10)17-16-30(47-31(44)23-36(6,7)34(45)46)37(8,9)27(38)15-18-40(28,39)12/h24-25,27-28,30H,13-23H2,1-12H3,(H,45,46)/t25-,27+,28-,30+,38+,39-,40-,41+/m1/s1. The van der Waals surface area contributed by atoms with Crippen molar-refractivity contribution >= 4 is 23.5 Å². The molecule has 264 valence electrons. The molecule has 5 aliphatic rings. The first-order valence-corrected chi connectivity index (χ1v) is 18.6. The molecule has 4 fully saturated rings. The van der Waals surface area contributed by atoms with Crippen LogP contribution in [-0.2, 0) is 23.9 Å². The lowest BCUT2D eigenvalue weighted by Gasteiger charge is -2.72. The van der Waals surface area contributed by atoms with Gasteiger partial charge in [-0.25, -0.2) is 0 Å². The summed E-state index contributed by atoms with van der Waals surface area (Å²) in [7, 11) is 0. The van der Waals surface area contributed by atoms with Gasteiger partial charge in [-0.15, -0.1) is 0 Å². The molecule has 0 aromatic carbocycles. The molecule has 8 atom stereocenters. The Hall–Kier alpha value is -1.98. The van der Waals surface area contributed by atoms with Gasteiger partial charge in [-0.2, -0.15) is 0 Å². The van der Waals surface area contributed by atoms with E-state index in [0.29, 0.717) is 24.7 Å². The van der Waals surface area contributed by atoms with Crippen LogP contribution in [0.1, 0.15) is 154 Å². The van der Waals surface area contributed by atoms with Gasteiger partial charge in [0.25, 0.3) is 0 Å². The number of rotatable bonds is 7. The molecule has 0 amide bonds. The summed E-state index contributed by atoms with van der Waals surface area (Å²) < 4.78 is 6.14. The average molecular weight is 653 g/mol. The Bertz CT molecular complexity index is 1380. The molecule has 1 N–H and O–H groups in total. The van der Waals surface area contributed by atoms with Gasteiger partial charge in [0.1, 0.15) is 11.9 Å². The third kappa shape index (κ3) is 5.40. The van der Waals surface area contributed by atoms with Gasteiger partial charge >= 0.3 is 11.9 Å². The van der Waals surface area contributed by atoms with Crippen molar-refractivity contribution in [3.8, 4) is 0 Å². The first kappa shape index (κ1) is 36.3. The minimum Gasteiger partial charge on any atom is -0.481 e. The van der Waals surface area contributed by atoms with Gasteiger partial charge in [0.05, 0.1) is 17.3 Å². The van der Waals surface area contributed by atoms with E-state index in [1.807, 2.05) is 0 Å². The van der Waals surface area contributed by atoms with Crippen LogP contribution in [0.4, 0.5) is 0 Å². The van der Waals surface area contributed by atoms with Crippen molar-refractivity contribution < 1.29 is 29.0 Å². The summed E-state index contributed by atoms with van der Waals surface area (Å²) in [5.74, 6) is 0.325. The van der Waals surface area contributed by atoms with Gasteiger partial charge < -0.3 is 9.84 Å². The number of fused-ring (bicyclic) bond motifs is 7. The molecule has 0 unspecified atom stereocenters. The Morgan fingerprint density at radius 2 is 1.47 bits per heavy atom. The number of allylic oxidation sites excluding steroid dienone is 2. The molecule has 0 aromatic rings. The Morgan fingerprint density at radius 1 is 0.830 bits per heavy atom. The van der Waals surface area contributed by atoms with Gasteiger partial charge in [-0.3, -0.25) is 19.2 Å². The number of carboxylic acid groups (broad SMARTS) is 1. The van der Waals surface area contributed by atoms with E-state index in [9.17, 15) is 24.3 Å². The number of Topliss-reactive ketones (excluding diaryl/α,β-unsaturated/α-hetero) is 2. The third-order valence-corrected chi connectivity index (χ3v) is 15.0. The van der Waals surface area contributed by atoms with E-state index >= 15 is 0 Å². The first-order chi connectivity index (χ1) is 21.4. The van der Waals surface area contributed by atoms with Crippen LogP contribution in [0, 0.1) is 61.6 Å². The molecule has 0 bridgehead atoms. The zero-order chi connectivity index (χ0) is 35.3. The molecule has 0 heterocycles. The van der Waals surface area contributed by atoms with Crippen LogP contribution < -0.4 is 0 Å². The number of esters is 1. The molecule has 5 aliphatic carbocycles. The molecule has 47 heavy (non-hydrogen) atoms. The van der Waals surface area contributed by atoms with Gasteiger partial charge in [0, 0.05) is 18.3 Å². The number of carbonyl (C=O) groups is 4. The molecular formula is C41H64O6. The summed E-state index contributed by atoms with van der Waals surface area (Å²) in [5, 5.41) is 9.57. The quantitative estimate of drug-likeness (QED) is 0.275. The molecule has 6 nitrogen and oxygen atoms in total. The number of aliphatic carboxylic acids is 1. The van der Waals surface area contributed by atoms with Crippen LogP contribution in [-0.4, -0.2) is 34.7 Å². The number of hydrogen-bond donors (Lipinski definition) is 1. The summed E-state index contributed by atoms with van der Waals surface area (Å²) in [6, 6.07) is 0. The number of ketones is 2. The van der Waals surface area contributed by atoms with Crippen LogP contribution in [0.25, 0.3) is 0 Å². The predicted molar refractivity (Wildman–Crippen MR) is 184 cm³/mol. The van der Waals surface area contributed by atoms with E-state index in [-0.39, 0.29) is 63.0 Å². The van der Waals surface area contributed by atoms with Crippen molar-refractivity contribution in [2.45, 2.75) is 160 Å². The molecule has 4 saturated carbocycles. The van der Waals surface area contributed by atoms with E-state index < -0.39 is 22.8 Å². The van der Waals surface area contributed by atoms with E-state index in [0.717, 1.165) is 56.9 Å². The van der Waals surface area contributed by atoms with E-state index in [4.69, 9.17) is 4.74 Å². The zero-order valence-electron chi connectivity index (χ0n) is 31.7. The molecule has 0 spiro atoms. The van der Waals surface area contributed by atoms with Gasteiger partial charge in [0.15, 0.2) is 5.78 Å². The zero-order valence-corrected chi connectivity index (χ0v) is 31.7. The summed E-state index contributed by atoms with van der Waals surface area (Å²) >= 11 is 0. The number of hydrogen-bond acceptors (Lipinski definition) is 5. The van der Waals surface area contributed by atoms with Crippen LogP contribution >= 0.6 is 0 Å². The van der Waals surface area contributed by atoms with Gasteiger partial charge in [-0.1, -0.05) is 69.2 Å². The third-order valence-electron chi connectivity index (χ3n) is 15.0. The maximum atomic E-state index is 14.3. The fourth-order valence-electron chi connectivity index (χ4n) is 12.4. The lowest BCUT2D eigenvalue weighted by Crippen LogP contribution is -2.66. The molecule has 6 heteroatoms. The highest BCUT2D eigenvalue weighted by Crippen LogP contribution is 2.77. The first-order valence-electron chi connectivity index (χ1n) is 18.6. The molecule has 0 aliphatic heterocycles. The number of carbonyl (C=O) groups excluding carboxylic acids is 3. The smallest absolute Gasteiger partial charge is 0.309 e. The van der Waals surface area contributed by atoms with Crippen molar-refractivity contribution in [1.29, 1.82) is 0 Å². The Labute approximate surface area is 284 Å². The second-order valence-corrected chi connectivity index (χ2v) is 20.1. The summed E-state index contributed by atoms with van der Waals surface area (Å²) in [6.45, 7) is 26.0. The van der Waals surface area contributed by atoms with Gasteiger partial charge in [0.2, 0.25) is 0 Å². The minimum atomic E-state index is -1.16. The number of ether oxygens (including phenoxy) is 1. The monoisotopic (exact) mass is 652 g/mol. The highest BCUT2D eigenvalue weighted by atomic mass is 16.5. The van der Waals surface area contributed by atoms with Crippen LogP contribution in [0.2, 0.25) is 0 Å². The molecule has 5 rings (SSSR count). The van der Waals surface area contributed by atoms with Crippen LogP contribution in [0.3, 0.4) is 0 Å². The Kier molecular flexibility index (Phi) is 8.71. The molecule has 0 saturated heterocycles. The van der Waals surface area contributed by atoms with Crippen LogP contribution in [0.5, 0.6) is 0 Å². The fourth-order valence-corrected chi connectivity index (χ4v) is 12.4. The summed E-state index contributed by atoms with van der Waals surface area (Å²) in [5.41, 5.74) is 0.202. The molecule has 0 radical (unpaired) electrons. The largest absolute Gasteiger partial charge is 0.481 e. The topological polar surface area (TPSA) is 97.7 Å². The van der Waals surface area contributed by atoms with Crippen molar-refractivity contribution in [2.75, 3.05) is 0 Å². The second-order valence-electron chi connectivity index (χ2n) is 20.1. The van der Waals surface area contributed by atoms with E-state index in [1.54, 1.807) is 13.8 Å². The highest BCUT2D eigenvalue weighted by Gasteiger charge is 2.71. The van der Waals surface area contributed by atoms with Crippen LogP contribution in [0.15, 0.2) is 11.1 Å². The molecular weight excluding hydrogens is 588 g/mol. The maximum Gasteiger partial charge on any atom is 0.309 e. The SMILES string of the molecule is CC(C)C1=C2[C@H]3CC[C@@H]4[C@@]5(C)CC[C@H](OC(=O)CC(C)(C)C(=O)O)C(C)(C)[C@@H]5CC[C@@]4(C)[C@]3(C)CC[C@@]2(C(=O)CC(C)(C)C)CC1=O. The van der Waals surface area contributed by atoms with Crippen molar-refractivity contribution in [1.82, 2.24) is 0 Å². The van der Waals surface area contributed by atoms with Crippen molar-refractivity contribution in [2.24, 2.45) is 61.6 Å². The average Bonchev–Trinajstić information content (AvgIpc) is 3.23. The summed E-state index contributed by atoms with van der Waals surface area (Å²) in [4.78, 5) is 52.9. The predicted octanol–water partition coefficient (Wildman–Crippen LogP) is 9.39.